The molecule has 2 aliphatic rings. The van der Waals surface area contributed by atoms with E-state index in [0.717, 1.165) is 30.5 Å². The number of aromatic nitrogens is 3. The van der Waals surface area contributed by atoms with Crippen molar-refractivity contribution in [3.63, 3.8) is 0 Å². The largest absolute Gasteiger partial charge is 0.390 e. The summed E-state index contributed by atoms with van der Waals surface area (Å²) in [5.41, 5.74) is 1.75. The summed E-state index contributed by atoms with van der Waals surface area (Å²) >= 11 is -2.33. The number of aliphatic hydroxyl groups is 1. The van der Waals surface area contributed by atoms with Crippen LogP contribution in [0.2, 0.25) is 0 Å². The maximum absolute atomic E-state index is 14.6. The average Bonchev–Trinajstić information content (AvgIpc) is 3.45. The molecule has 10 nitrogen and oxygen atoms in total. The number of fused-ring (bicyclic) bond motifs is 1. The highest BCUT2D eigenvalue weighted by molar-refractivity contribution is 7.79. The van der Waals surface area contributed by atoms with Crippen LogP contribution in [0.5, 0.6) is 0 Å². The third kappa shape index (κ3) is 4.34. The molecule has 4 heterocycles. The number of amides is 1. The number of aliphatic hydroxyl groups excluding tert-OH is 1. The summed E-state index contributed by atoms with van der Waals surface area (Å²) in [5.74, 6) is -1.12. The molecule has 5 rings (SSSR count). The van der Waals surface area contributed by atoms with E-state index in [1.165, 1.54) is 6.07 Å². The van der Waals surface area contributed by atoms with E-state index in [1.807, 2.05) is 18.0 Å². The Morgan fingerprint density at radius 2 is 2.08 bits per heavy atom. The molecule has 2 aliphatic heterocycles. The van der Waals surface area contributed by atoms with E-state index in [-0.39, 0.29) is 10.5 Å². The second-order valence-corrected chi connectivity index (χ2v) is 10.2. The number of β-amino-alcohol motifs (C(OH)–C–C–N with tert-alkyl or cyclic N) is 1. The maximum Gasteiger partial charge on any atom is 0.257 e. The maximum atomic E-state index is 14.6. The Bertz CT molecular complexity index is 1410. The number of nitrogens with zero attached hydrogens (tertiary/aromatic N) is 6. The molecular weight excluding hydrogens is 487 g/mol. The lowest BCUT2D eigenvalue weighted by molar-refractivity contribution is 0.0600. The molecule has 0 spiro atoms. The van der Waals surface area contributed by atoms with Gasteiger partial charge in [0.1, 0.15) is 11.6 Å². The first kappa shape index (κ1) is 24.3. The van der Waals surface area contributed by atoms with Crippen LogP contribution in [0.15, 0.2) is 35.4 Å². The summed E-state index contributed by atoms with van der Waals surface area (Å²) in [6, 6.07) is 6.85. The number of benzene rings is 1. The van der Waals surface area contributed by atoms with Gasteiger partial charge in [0.2, 0.25) is 0 Å². The Morgan fingerprint density at radius 1 is 1.28 bits per heavy atom. The number of aryl methyl sites for hydroxylation is 1. The molecule has 2 N–H and O–H groups in total. The number of carbonyl (C=O) groups excluding carboxylic acids is 1. The molecule has 1 aromatic carbocycles. The molecule has 4 atom stereocenters. The number of carbonyl (C=O) groups is 1. The van der Waals surface area contributed by atoms with Crippen molar-refractivity contribution in [1.29, 1.82) is 5.26 Å². The van der Waals surface area contributed by atoms with Crippen LogP contribution in [0.3, 0.4) is 0 Å². The number of piperidine rings is 1. The zero-order valence-corrected chi connectivity index (χ0v) is 20.4. The van der Waals surface area contributed by atoms with Crippen LogP contribution < -0.4 is 4.90 Å². The van der Waals surface area contributed by atoms with Gasteiger partial charge >= 0.3 is 0 Å². The lowest BCUT2D eigenvalue weighted by Gasteiger charge is -2.34. The standard InChI is InChI=1S/C24H25FN6O4S/c1-14-11-31-22(27-23(14)29-12-15(10-26)21(32)13-29)9-19(28-31)20-4-2-3-7-30(20)24(33)17-8-16(36(34)35)5-6-18(17)25/h5-6,8-9,11,15,20-21,32H,2-4,7,12-13H2,1H3,(H,34,35)/t15-,20+,21+/m1/s1. The first-order chi connectivity index (χ1) is 17.3. The number of rotatable bonds is 4. The van der Waals surface area contributed by atoms with Crippen molar-refractivity contribution in [2.24, 2.45) is 5.92 Å². The first-order valence-corrected chi connectivity index (χ1v) is 12.8. The molecule has 3 aromatic rings. The lowest BCUT2D eigenvalue weighted by Crippen LogP contribution is -2.39. The quantitative estimate of drug-likeness (QED) is 0.509. The minimum absolute atomic E-state index is 0.0427. The van der Waals surface area contributed by atoms with Crippen LogP contribution in [0, 0.1) is 30.0 Å². The molecule has 188 valence electrons. The molecule has 1 unspecified atom stereocenters. The molecule has 2 fully saturated rings. The van der Waals surface area contributed by atoms with Crippen molar-refractivity contribution in [1.82, 2.24) is 19.5 Å². The molecule has 1 amide bonds. The summed E-state index contributed by atoms with van der Waals surface area (Å²) in [4.78, 5) is 21.5. The van der Waals surface area contributed by atoms with Gasteiger partial charge in [-0.25, -0.2) is 18.1 Å². The summed E-state index contributed by atoms with van der Waals surface area (Å²) in [5, 5.41) is 24.0. The molecule has 0 aliphatic carbocycles. The van der Waals surface area contributed by atoms with Crippen molar-refractivity contribution in [3.05, 3.63) is 53.1 Å². The second kappa shape index (κ2) is 9.57. The summed E-state index contributed by atoms with van der Waals surface area (Å²) in [7, 11) is 0. The van der Waals surface area contributed by atoms with Crippen molar-refractivity contribution in [2.75, 3.05) is 24.5 Å². The van der Waals surface area contributed by atoms with Gasteiger partial charge in [-0.2, -0.15) is 10.4 Å². The molecule has 2 saturated heterocycles. The summed E-state index contributed by atoms with van der Waals surface area (Å²) < 4.78 is 37.0. The van der Waals surface area contributed by atoms with Gasteiger partial charge in [-0.15, -0.1) is 0 Å². The number of halogens is 1. The van der Waals surface area contributed by atoms with Crippen molar-refractivity contribution in [3.8, 4) is 6.07 Å². The van der Waals surface area contributed by atoms with E-state index in [1.54, 1.807) is 15.5 Å². The van der Waals surface area contributed by atoms with Crippen LogP contribution in [-0.4, -0.2) is 65.0 Å². The average molecular weight is 513 g/mol. The molecule has 0 bridgehead atoms. The number of nitriles is 1. The fourth-order valence-electron chi connectivity index (χ4n) is 5.00. The Balaban J connectivity index is 1.47. The van der Waals surface area contributed by atoms with E-state index in [9.17, 15) is 28.3 Å². The van der Waals surface area contributed by atoms with E-state index in [0.29, 0.717) is 43.2 Å². The summed E-state index contributed by atoms with van der Waals surface area (Å²) in [6.07, 6.45) is 3.34. The minimum atomic E-state index is -2.33. The van der Waals surface area contributed by atoms with Crippen LogP contribution in [0.4, 0.5) is 10.2 Å². The van der Waals surface area contributed by atoms with Gasteiger partial charge in [0.15, 0.2) is 16.7 Å². The van der Waals surface area contributed by atoms with Gasteiger partial charge < -0.3 is 19.5 Å². The smallest absolute Gasteiger partial charge is 0.257 e. The van der Waals surface area contributed by atoms with Crippen LogP contribution in [-0.2, 0) is 11.1 Å². The number of anilines is 1. The Kier molecular flexibility index (Phi) is 6.46. The molecular formula is C24H25FN6O4S. The zero-order valence-electron chi connectivity index (χ0n) is 19.5. The van der Waals surface area contributed by atoms with Gasteiger partial charge in [-0.3, -0.25) is 4.79 Å². The third-order valence-electron chi connectivity index (χ3n) is 6.85. The Hall–Kier alpha value is -3.40. The van der Waals surface area contributed by atoms with Crippen molar-refractivity contribution >= 4 is 28.5 Å². The van der Waals surface area contributed by atoms with Crippen LogP contribution >= 0.6 is 0 Å². The van der Waals surface area contributed by atoms with Crippen molar-refractivity contribution in [2.45, 2.75) is 43.2 Å². The van der Waals surface area contributed by atoms with Crippen LogP contribution in [0.1, 0.15) is 46.9 Å². The van der Waals surface area contributed by atoms with Gasteiger partial charge in [0.25, 0.3) is 5.91 Å². The highest BCUT2D eigenvalue weighted by Crippen LogP contribution is 2.33. The topological polar surface area (TPSA) is 135 Å². The highest BCUT2D eigenvalue weighted by Gasteiger charge is 2.34. The van der Waals surface area contributed by atoms with Gasteiger partial charge in [0, 0.05) is 37.5 Å². The molecule has 36 heavy (non-hydrogen) atoms. The van der Waals surface area contributed by atoms with Gasteiger partial charge in [-0.05, 0) is 44.4 Å². The minimum Gasteiger partial charge on any atom is -0.390 e. The van der Waals surface area contributed by atoms with E-state index in [2.05, 4.69) is 11.2 Å². The monoisotopic (exact) mass is 512 g/mol. The van der Waals surface area contributed by atoms with Gasteiger partial charge in [-0.1, -0.05) is 0 Å². The summed E-state index contributed by atoms with van der Waals surface area (Å²) in [6.45, 7) is 2.99. The molecule has 2 aromatic heterocycles. The lowest BCUT2D eigenvalue weighted by atomic mass is 9.98. The highest BCUT2D eigenvalue weighted by atomic mass is 32.2. The number of hydrogen-bond acceptors (Lipinski definition) is 7. The van der Waals surface area contributed by atoms with E-state index in [4.69, 9.17) is 4.98 Å². The van der Waals surface area contributed by atoms with Gasteiger partial charge in [0.05, 0.1) is 40.3 Å². The number of likely N-dealkylation sites (tertiary alicyclic amines) is 1. The first-order valence-electron chi connectivity index (χ1n) is 11.7. The van der Waals surface area contributed by atoms with E-state index >= 15 is 0 Å². The van der Waals surface area contributed by atoms with E-state index < -0.39 is 40.9 Å². The fourth-order valence-corrected chi connectivity index (χ4v) is 5.41. The SMILES string of the molecule is Cc1cn2nc([C@@H]3CCCCN3C(=O)c3cc(S(=O)O)ccc3F)cc2nc1N1C[C@@H](C#N)[C@@H](O)C1. The molecule has 0 saturated carbocycles. The Morgan fingerprint density at radius 3 is 2.81 bits per heavy atom. The molecule has 0 radical (unpaired) electrons. The predicted molar refractivity (Wildman–Crippen MR) is 128 cm³/mol. The fraction of sp³-hybridized carbons (Fsp3) is 0.417. The van der Waals surface area contributed by atoms with Crippen molar-refractivity contribution < 1.29 is 23.1 Å². The molecule has 12 heteroatoms. The van der Waals surface area contributed by atoms with Crippen LogP contribution in [0.25, 0.3) is 5.65 Å². The predicted octanol–water partition coefficient (Wildman–Crippen LogP) is 2.45. The second-order valence-electron chi connectivity index (χ2n) is 9.23. The normalized spacial score (nSPS) is 23.1. The number of hydrogen-bond donors (Lipinski definition) is 2. The third-order valence-corrected chi connectivity index (χ3v) is 7.51. The zero-order chi connectivity index (χ0) is 25.6. The Labute approximate surface area is 209 Å².